The van der Waals surface area contributed by atoms with Crippen molar-refractivity contribution >= 4 is 51.2 Å². The van der Waals surface area contributed by atoms with Crippen LogP contribution < -0.4 is 5.32 Å². The summed E-state index contributed by atoms with van der Waals surface area (Å²) in [6.07, 6.45) is 2.03. The van der Waals surface area contributed by atoms with Gasteiger partial charge in [0, 0.05) is 37.9 Å². The second-order valence-electron chi connectivity index (χ2n) is 4.78. The fourth-order valence-electron chi connectivity index (χ4n) is 2.23. The van der Waals surface area contributed by atoms with E-state index in [9.17, 15) is 4.79 Å². The van der Waals surface area contributed by atoms with Crippen LogP contribution >= 0.6 is 34.4 Å². The Hall–Kier alpha value is -1.47. The minimum atomic E-state index is -0.00970. The Morgan fingerprint density at radius 3 is 2.77 bits per heavy atom. The molecule has 2 N–H and O–H groups in total. The highest BCUT2D eigenvalue weighted by molar-refractivity contribution is 14.1. The number of H-pyrrole nitrogens is 1. The van der Waals surface area contributed by atoms with Gasteiger partial charge < -0.3 is 10.3 Å². The van der Waals surface area contributed by atoms with Gasteiger partial charge in [-0.05, 0) is 40.8 Å². The summed E-state index contributed by atoms with van der Waals surface area (Å²) in [6, 6.07) is 15.9. The number of thioether (sulfide) groups is 1. The predicted octanol–water partition coefficient (Wildman–Crippen LogP) is 4.29. The third-order valence-corrected chi connectivity index (χ3v) is 5.31. The van der Waals surface area contributed by atoms with Crippen LogP contribution in [0.3, 0.4) is 0 Å². The molecular formula is C17H15IN2OS. The van der Waals surface area contributed by atoms with Crippen molar-refractivity contribution in [2.75, 3.05) is 12.3 Å². The summed E-state index contributed by atoms with van der Waals surface area (Å²) < 4.78 is 0.974. The second-order valence-corrected chi connectivity index (χ2v) is 7.08. The molecule has 0 atom stereocenters. The number of fused-ring (bicyclic) bond motifs is 1. The summed E-state index contributed by atoms with van der Waals surface area (Å²) in [4.78, 5) is 16.6. The number of para-hydroxylation sites is 1. The molecule has 1 amide bonds. The van der Waals surface area contributed by atoms with Crippen molar-refractivity contribution in [1.29, 1.82) is 0 Å². The van der Waals surface area contributed by atoms with Crippen LogP contribution in [0.25, 0.3) is 10.9 Å². The van der Waals surface area contributed by atoms with Crippen molar-refractivity contribution in [3.8, 4) is 0 Å². The zero-order valence-electron chi connectivity index (χ0n) is 11.8. The number of nitrogens with one attached hydrogen (secondary N) is 2. The highest BCUT2D eigenvalue weighted by atomic mass is 127. The second kappa shape index (κ2) is 7.19. The molecule has 0 saturated heterocycles. The summed E-state index contributed by atoms with van der Waals surface area (Å²) in [5.41, 5.74) is 1.88. The van der Waals surface area contributed by atoms with Gasteiger partial charge in [0.1, 0.15) is 0 Å². The summed E-state index contributed by atoms with van der Waals surface area (Å²) >= 11 is 3.93. The van der Waals surface area contributed by atoms with Crippen LogP contribution in [0.15, 0.2) is 59.6 Å². The monoisotopic (exact) mass is 422 g/mol. The number of halogens is 1. The summed E-state index contributed by atoms with van der Waals surface area (Å²) in [6.45, 7) is 0.647. The van der Waals surface area contributed by atoms with Gasteiger partial charge in [-0.25, -0.2) is 0 Å². The molecule has 0 radical (unpaired) electrons. The molecule has 5 heteroatoms. The number of amides is 1. The Bertz CT molecular complexity index is 800. The van der Waals surface area contributed by atoms with Gasteiger partial charge in [0.15, 0.2) is 0 Å². The minimum absolute atomic E-state index is 0.00970. The third kappa shape index (κ3) is 3.47. The average molecular weight is 422 g/mol. The average Bonchev–Trinajstić information content (AvgIpc) is 2.95. The highest BCUT2D eigenvalue weighted by Gasteiger charge is 2.08. The van der Waals surface area contributed by atoms with Crippen LogP contribution in [0.4, 0.5) is 0 Å². The molecule has 3 aromatic rings. The van der Waals surface area contributed by atoms with E-state index in [-0.39, 0.29) is 5.91 Å². The van der Waals surface area contributed by atoms with E-state index in [1.807, 2.05) is 42.6 Å². The first-order valence-electron chi connectivity index (χ1n) is 6.97. The van der Waals surface area contributed by atoms with E-state index in [2.05, 4.69) is 45.0 Å². The van der Waals surface area contributed by atoms with E-state index in [1.165, 1.54) is 10.3 Å². The summed E-state index contributed by atoms with van der Waals surface area (Å²) in [7, 11) is 0. The van der Waals surface area contributed by atoms with Crippen LogP contribution in [0.2, 0.25) is 0 Å². The molecule has 22 heavy (non-hydrogen) atoms. The fraction of sp³-hybridized carbons (Fsp3) is 0.118. The molecule has 112 valence electrons. The standard InChI is InChI=1S/C17H15IN2OS/c18-14-7-3-1-5-12(14)17(21)19-9-10-22-16-11-20-15-8-4-2-6-13(15)16/h1-8,11,20H,9-10H2,(H,19,21). The molecule has 3 rings (SSSR count). The molecule has 0 aliphatic carbocycles. The normalized spacial score (nSPS) is 10.8. The molecule has 2 aromatic carbocycles. The van der Waals surface area contributed by atoms with Gasteiger partial charge in [-0.1, -0.05) is 30.3 Å². The van der Waals surface area contributed by atoms with Crippen LogP contribution in [0, 0.1) is 3.57 Å². The van der Waals surface area contributed by atoms with Gasteiger partial charge in [-0.15, -0.1) is 11.8 Å². The van der Waals surface area contributed by atoms with Crippen molar-refractivity contribution < 1.29 is 4.79 Å². The maximum Gasteiger partial charge on any atom is 0.252 e. The summed E-state index contributed by atoms with van der Waals surface area (Å²) in [5, 5.41) is 4.21. The van der Waals surface area contributed by atoms with Crippen molar-refractivity contribution in [1.82, 2.24) is 10.3 Å². The van der Waals surface area contributed by atoms with Crippen LogP contribution in [0.1, 0.15) is 10.4 Å². The number of carbonyl (C=O) groups excluding carboxylic acids is 1. The lowest BCUT2D eigenvalue weighted by Crippen LogP contribution is -2.26. The third-order valence-electron chi connectivity index (χ3n) is 3.31. The molecule has 0 unspecified atom stereocenters. The SMILES string of the molecule is O=C(NCCSc1c[nH]c2ccccc12)c1ccccc1I. The molecular weight excluding hydrogens is 407 g/mol. The first-order valence-corrected chi connectivity index (χ1v) is 9.04. The maximum atomic E-state index is 12.1. The molecule has 3 nitrogen and oxygen atoms in total. The first-order chi connectivity index (χ1) is 10.8. The fourth-order valence-corrected chi connectivity index (χ4v) is 3.76. The molecule has 0 bridgehead atoms. The molecule has 0 saturated carbocycles. The van der Waals surface area contributed by atoms with E-state index in [1.54, 1.807) is 11.8 Å². The van der Waals surface area contributed by atoms with E-state index in [0.29, 0.717) is 6.54 Å². The molecule has 0 fully saturated rings. The van der Waals surface area contributed by atoms with Gasteiger partial charge in [-0.2, -0.15) is 0 Å². The molecule has 1 aromatic heterocycles. The largest absolute Gasteiger partial charge is 0.360 e. The van der Waals surface area contributed by atoms with Crippen molar-refractivity contribution in [3.63, 3.8) is 0 Å². The van der Waals surface area contributed by atoms with E-state index < -0.39 is 0 Å². The lowest BCUT2D eigenvalue weighted by molar-refractivity contribution is 0.0955. The number of rotatable bonds is 5. The van der Waals surface area contributed by atoms with Crippen molar-refractivity contribution in [3.05, 3.63) is 63.9 Å². The lowest BCUT2D eigenvalue weighted by Gasteiger charge is -2.06. The minimum Gasteiger partial charge on any atom is -0.360 e. The van der Waals surface area contributed by atoms with E-state index >= 15 is 0 Å². The number of benzene rings is 2. The smallest absolute Gasteiger partial charge is 0.252 e. The highest BCUT2D eigenvalue weighted by Crippen LogP contribution is 2.27. The quantitative estimate of drug-likeness (QED) is 0.366. The zero-order valence-corrected chi connectivity index (χ0v) is 14.8. The van der Waals surface area contributed by atoms with Crippen molar-refractivity contribution in [2.45, 2.75) is 4.90 Å². The van der Waals surface area contributed by atoms with Gasteiger partial charge in [-0.3, -0.25) is 4.79 Å². The molecule has 1 heterocycles. The lowest BCUT2D eigenvalue weighted by atomic mass is 10.2. The number of aromatic nitrogens is 1. The number of carbonyl (C=O) groups is 1. The number of hydrogen-bond acceptors (Lipinski definition) is 2. The first kappa shape index (κ1) is 15.4. The van der Waals surface area contributed by atoms with Gasteiger partial charge >= 0.3 is 0 Å². The predicted molar refractivity (Wildman–Crippen MR) is 101 cm³/mol. The topological polar surface area (TPSA) is 44.9 Å². The van der Waals surface area contributed by atoms with E-state index in [4.69, 9.17) is 0 Å². The van der Waals surface area contributed by atoms with Crippen LogP contribution in [-0.2, 0) is 0 Å². The van der Waals surface area contributed by atoms with Gasteiger partial charge in [0.25, 0.3) is 5.91 Å². The zero-order chi connectivity index (χ0) is 15.4. The number of aromatic amines is 1. The Morgan fingerprint density at radius 1 is 1.14 bits per heavy atom. The van der Waals surface area contributed by atoms with Crippen LogP contribution in [0.5, 0.6) is 0 Å². The maximum absolute atomic E-state index is 12.1. The van der Waals surface area contributed by atoms with E-state index in [0.717, 1.165) is 20.4 Å². The Kier molecular flexibility index (Phi) is 5.04. The number of hydrogen-bond donors (Lipinski definition) is 2. The Morgan fingerprint density at radius 2 is 1.91 bits per heavy atom. The molecule has 0 spiro atoms. The summed E-state index contributed by atoms with van der Waals surface area (Å²) in [5.74, 6) is 0.835. The van der Waals surface area contributed by atoms with Gasteiger partial charge in [0.2, 0.25) is 0 Å². The van der Waals surface area contributed by atoms with Gasteiger partial charge in [0.05, 0.1) is 5.56 Å². The van der Waals surface area contributed by atoms with Crippen molar-refractivity contribution in [2.24, 2.45) is 0 Å². The molecule has 0 aliphatic heterocycles. The van der Waals surface area contributed by atoms with Crippen LogP contribution in [-0.4, -0.2) is 23.2 Å². The Labute approximate surface area is 147 Å². The molecule has 0 aliphatic rings. The Balaban J connectivity index is 1.54.